The summed E-state index contributed by atoms with van der Waals surface area (Å²) in [5, 5.41) is 3.91. The van der Waals surface area contributed by atoms with Gasteiger partial charge in [-0.25, -0.2) is 8.42 Å². The highest BCUT2D eigenvalue weighted by Crippen LogP contribution is 2.25. The number of carbonyl (C=O) groups is 2. The summed E-state index contributed by atoms with van der Waals surface area (Å²) in [5.74, 6) is -0.910. The normalized spacial score (nSPS) is 12.4. The number of halogens is 3. The summed E-state index contributed by atoms with van der Waals surface area (Å²) in [4.78, 5) is 27.9. The molecule has 7 nitrogen and oxygen atoms in total. The molecular weight excluding hydrogens is 521 g/mol. The van der Waals surface area contributed by atoms with Gasteiger partial charge in [0, 0.05) is 27.7 Å². The van der Waals surface area contributed by atoms with E-state index < -0.39 is 28.5 Å². The second kappa shape index (κ2) is 12.1. The van der Waals surface area contributed by atoms with Crippen LogP contribution in [-0.4, -0.2) is 50.0 Å². The van der Waals surface area contributed by atoms with Gasteiger partial charge >= 0.3 is 0 Å². The van der Waals surface area contributed by atoms with Crippen molar-refractivity contribution in [3.05, 3.63) is 63.1 Å². The van der Waals surface area contributed by atoms with E-state index in [2.05, 4.69) is 5.32 Å². The van der Waals surface area contributed by atoms with Gasteiger partial charge < -0.3 is 10.2 Å². The molecule has 0 saturated carbocycles. The molecule has 186 valence electrons. The predicted octanol–water partition coefficient (Wildman–Crippen LogP) is 4.74. The van der Waals surface area contributed by atoms with Crippen molar-refractivity contribution in [2.45, 2.75) is 45.8 Å². The molecule has 0 bridgehead atoms. The van der Waals surface area contributed by atoms with E-state index in [1.807, 2.05) is 13.8 Å². The van der Waals surface area contributed by atoms with Crippen molar-refractivity contribution in [1.82, 2.24) is 10.2 Å². The summed E-state index contributed by atoms with van der Waals surface area (Å²) in [7, 11) is -3.84. The molecule has 2 amide bonds. The van der Waals surface area contributed by atoms with E-state index in [-0.39, 0.29) is 24.2 Å². The Hall–Kier alpha value is -2.00. The lowest BCUT2D eigenvalue weighted by Gasteiger charge is -2.33. The van der Waals surface area contributed by atoms with Crippen LogP contribution in [0, 0.1) is 0 Å². The lowest BCUT2D eigenvalue weighted by atomic mass is 10.1. The topological polar surface area (TPSA) is 86.8 Å². The van der Waals surface area contributed by atoms with Crippen LogP contribution in [-0.2, 0) is 26.2 Å². The highest BCUT2D eigenvalue weighted by Gasteiger charge is 2.32. The van der Waals surface area contributed by atoms with Gasteiger partial charge in [-0.1, -0.05) is 53.9 Å². The summed E-state index contributed by atoms with van der Waals surface area (Å²) >= 11 is 18.4. The molecule has 2 aromatic rings. The van der Waals surface area contributed by atoms with Gasteiger partial charge in [-0.15, -0.1) is 0 Å². The molecule has 0 aromatic heterocycles. The highest BCUT2D eigenvalue weighted by atomic mass is 35.5. The van der Waals surface area contributed by atoms with Crippen LogP contribution < -0.4 is 9.62 Å². The first kappa shape index (κ1) is 28.2. The Morgan fingerprint density at radius 1 is 1.03 bits per heavy atom. The van der Waals surface area contributed by atoms with E-state index in [0.717, 1.165) is 10.6 Å². The Morgan fingerprint density at radius 3 is 2.21 bits per heavy atom. The number of benzene rings is 2. The van der Waals surface area contributed by atoms with Gasteiger partial charge in [-0.05, 0) is 56.2 Å². The minimum absolute atomic E-state index is 0.00793. The molecule has 2 rings (SSSR count). The third-order valence-corrected chi connectivity index (χ3v) is 6.91. The SMILES string of the molecule is CCC(C(=O)NC(C)C)N(Cc1ccc(Cl)cc1Cl)C(=O)CN(c1cccc(Cl)c1)S(C)(=O)=O. The van der Waals surface area contributed by atoms with Crippen molar-refractivity contribution in [3.63, 3.8) is 0 Å². The number of anilines is 1. The molecule has 2 aromatic carbocycles. The minimum Gasteiger partial charge on any atom is -0.352 e. The summed E-state index contributed by atoms with van der Waals surface area (Å²) in [6.45, 7) is 4.89. The largest absolute Gasteiger partial charge is 0.352 e. The maximum atomic E-state index is 13.6. The van der Waals surface area contributed by atoms with Gasteiger partial charge in [0.15, 0.2) is 0 Å². The summed E-state index contributed by atoms with van der Waals surface area (Å²) < 4.78 is 26.1. The highest BCUT2D eigenvalue weighted by molar-refractivity contribution is 7.92. The summed E-state index contributed by atoms with van der Waals surface area (Å²) in [6, 6.07) is 10.1. The molecule has 1 N–H and O–H groups in total. The first-order valence-electron chi connectivity index (χ1n) is 10.6. The summed E-state index contributed by atoms with van der Waals surface area (Å²) in [6.07, 6.45) is 1.32. The Kier molecular flexibility index (Phi) is 10.1. The van der Waals surface area contributed by atoms with Gasteiger partial charge in [0.2, 0.25) is 21.8 Å². The number of sulfonamides is 1. The Labute approximate surface area is 216 Å². The van der Waals surface area contributed by atoms with Gasteiger partial charge in [0.25, 0.3) is 0 Å². The standard InChI is InChI=1S/C23H28Cl3N3O4S/c1-5-21(23(31)27-15(2)3)28(13-16-9-10-18(25)12-20(16)26)22(30)14-29(34(4,32)33)19-8-6-7-17(24)11-19/h6-12,15,21H,5,13-14H2,1-4H3,(H,27,31). The number of nitrogens with zero attached hydrogens (tertiary/aromatic N) is 2. The van der Waals surface area contributed by atoms with Crippen molar-refractivity contribution in [3.8, 4) is 0 Å². The molecule has 0 radical (unpaired) electrons. The Morgan fingerprint density at radius 2 is 1.68 bits per heavy atom. The number of hydrogen-bond acceptors (Lipinski definition) is 4. The predicted molar refractivity (Wildman–Crippen MR) is 138 cm³/mol. The first-order chi connectivity index (χ1) is 15.8. The molecule has 0 aliphatic rings. The molecular formula is C23H28Cl3N3O4S. The van der Waals surface area contributed by atoms with Crippen molar-refractivity contribution in [1.29, 1.82) is 0 Å². The average molecular weight is 549 g/mol. The van der Waals surface area contributed by atoms with Crippen LogP contribution in [0.25, 0.3) is 0 Å². The van der Waals surface area contributed by atoms with Crippen molar-refractivity contribution >= 4 is 62.3 Å². The van der Waals surface area contributed by atoms with E-state index in [1.54, 1.807) is 43.3 Å². The maximum absolute atomic E-state index is 13.6. The maximum Gasteiger partial charge on any atom is 0.244 e. The van der Waals surface area contributed by atoms with E-state index in [4.69, 9.17) is 34.8 Å². The minimum atomic E-state index is -3.84. The van der Waals surface area contributed by atoms with E-state index >= 15 is 0 Å². The number of hydrogen-bond donors (Lipinski definition) is 1. The number of carbonyl (C=O) groups excluding carboxylic acids is 2. The molecule has 0 spiro atoms. The van der Waals surface area contributed by atoms with Gasteiger partial charge in [-0.3, -0.25) is 13.9 Å². The van der Waals surface area contributed by atoms with Crippen LogP contribution in [0.5, 0.6) is 0 Å². The van der Waals surface area contributed by atoms with Gasteiger partial charge in [0.1, 0.15) is 12.6 Å². The van der Waals surface area contributed by atoms with E-state index in [0.29, 0.717) is 27.1 Å². The molecule has 0 aliphatic heterocycles. The smallest absolute Gasteiger partial charge is 0.244 e. The zero-order chi connectivity index (χ0) is 25.6. The molecule has 0 fully saturated rings. The zero-order valence-electron chi connectivity index (χ0n) is 19.4. The zero-order valence-corrected chi connectivity index (χ0v) is 22.5. The fourth-order valence-corrected chi connectivity index (χ4v) is 4.87. The van der Waals surface area contributed by atoms with E-state index in [9.17, 15) is 18.0 Å². The van der Waals surface area contributed by atoms with Crippen LogP contribution in [0.3, 0.4) is 0 Å². The van der Waals surface area contributed by atoms with Crippen LogP contribution in [0.2, 0.25) is 15.1 Å². The monoisotopic (exact) mass is 547 g/mol. The Bertz CT molecular complexity index is 1140. The molecule has 0 aliphatic carbocycles. The van der Waals surface area contributed by atoms with Gasteiger partial charge in [-0.2, -0.15) is 0 Å². The van der Waals surface area contributed by atoms with Crippen molar-refractivity contribution < 1.29 is 18.0 Å². The Balaban J connectivity index is 2.48. The molecule has 11 heteroatoms. The van der Waals surface area contributed by atoms with Crippen molar-refractivity contribution in [2.24, 2.45) is 0 Å². The molecule has 0 heterocycles. The summed E-state index contributed by atoms with van der Waals surface area (Å²) in [5.41, 5.74) is 0.816. The first-order valence-corrected chi connectivity index (χ1v) is 13.6. The third kappa shape index (κ3) is 7.77. The van der Waals surface area contributed by atoms with Gasteiger partial charge in [0.05, 0.1) is 11.9 Å². The number of amides is 2. The molecule has 0 saturated heterocycles. The quantitative estimate of drug-likeness (QED) is 0.464. The lowest BCUT2D eigenvalue weighted by Crippen LogP contribution is -2.53. The average Bonchev–Trinajstić information content (AvgIpc) is 2.71. The number of rotatable bonds is 10. The lowest BCUT2D eigenvalue weighted by molar-refractivity contribution is -0.140. The fourth-order valence-electron chi connectivity index (χ4n) is 3.38. The van der Waals surface area contributed by atoms with Crippen molar-refractivity contribution in [2.75, 3.05) is 17.1 Å². The number of nitrogens with one attached hydrogen (secondary N) is 1. The van der Waals surface area contributed by atoms with Crippen LogP contribution >= 0.6 is 34.8 Å². The molecule has 1 unspecified atom stereocenters. The second-order valence-corrected chi connectivity index (χ2v) is 11.3. The fraction of sp³-hybridized carbons (Fsp3) is 0.391. The van der Waals surface area contributed by atoms with Crippen LogP contribution in [0.4, 0.5) is 5.69 Å². The molecule has 1 atom stereocenters. The second-order valence-electron chi connectivity index (χ2n) is 8.09. The van der Waals surface area contributed by atoms with Crippen LogP contribution in [0.15, 0.2) is 42.5 Å². The molecule has 34 heavy (non-hydrogen) atoms. The third-order valence-electron chi connectivity index (χ3n) is 4.95. The van der Waals surface area contributed by atoms with E-state index in [1.165, 1.54) is 11.0 Å². The van der Waals surface area contributed by atoms with Crippen LogP contribution in [0.1, 0.15) is 32.8 Å².